The second-order valence-corrected chi connectivity index (χ2v) is 5.90. The van der Waals surface area contributed by atoms with Crippen LogP contribution in [0.1, 0.15) is 55.7 Å². The number of hydrogen-bond acceptors (Lipinski definition) is 4. The lowest BCUT2D eigenvalue weighted by atomic mass is 9.96. The normalized spacial score (nSPS) is 18.0. The van der Waals surface area contributed by atoms with E-state index >= 15 is 0 Å². The molecule has 6 heteroatoms. The molecule has 0 amide bonds. The second-order valence-electron chi connectivity index (χ2n) is 5.90. The van der Waals surface area contributed by atoms with E-state index in [-0.39, 0.29) is 6.04 Å². The summed E-state index contributed by atoms with van der Waals surface area (Å²) in [6.07, 6.45) is 13.1. The summed E-state index contributed by atoms with van der Waals surface area (Å²) in [7, 11) is 1.98. The lowest BCUT2D eigenvalue weighted by molar-refractivity contribution is 0.327. The van der Waals surface area contributed by atoms with Crippen molar-refractivity contribution in [3.05, 3.63) is 36.2 Å². The molecular formula is C15H24N6. The minimum atomic E-state index is -0.0142. The number of nitrogens with two attached hydrogens (primary N) is 1. The standard InChI is InChI=1S/C15H24N6/c1-20-10-8-17-15(20)14(18-16)11-12-7-9-21(19-12)13-5-3-2-4-6-13/h7-10,13-14,18H,2-6,11,16H2,1H3. The van der Waals surface area contributed by atoms with Crippen LogP contribution in [0.25, 0.3) is 0 Å². The summed E-state index contributed by atoms with van der Waals surface area (Å²) in [5.74, 6) is 6.63. The second kappa shape index (κ2) is 6.41. The van der Waals surface area contributed by atoms with Crippen molar-refractivity contribution >= 4 is 0 Å². The highest BCUT2D eigenvalue weighted by Crippen LogP contribution is 2.27. The molecule has 2 aromatic heterocycles. The fourth-order valence-electron chi connectivity index (χ4n) is 3.18. The molecule has 6 nitrogen and oxygen atoms in total. The van der Waals surface area contributed by atoms with E-state index in [1.807, 2.05) is 17.8 Å². The van der Waals surface area contributed by atoms with E-state index in [0.29, 0.717) is 6.04 Å². The van der Waals surface area contributed by atoms with E-state index in [1.54, 1.807) is 6.20 Å². The van der Waals surface area contributed by atoms with Crippen LogP contribution in [0.5, 0.6) is 0 Å². The Kier molecular flexibility index (Phi) is 4.36. The van der Waals surface area contributed by atoms with Crippen LogP contribution in [0.15, 0.2) is 24.7 Å². The van der Waals surface area contributed by atoms with Crippen molar-refractivity contribution in [1.82, 2.24) is 24.8 Å². The smallest absolute Gasteiger partial charge is 0.127 e. The van der Waals surface area contributed by atoms with Crippen molar-refractivity contribution in [1.29, 1.82) is 0 Å². The number of aryl methyl sites for hydroxylation is 1. The first kappa shape index (κ1) is 14.3. The van der Waals surface area contributed by atoms with Crippen molar-refractivity contribution < 1.29 is 0 Å². The Morgan fingerprint density at radius 1 is 1.33 bits per heavy atom. The molecule has 1 unspecified atom stereocenters. The maximum atomic E-state index is 5.69. The molecule has 1 aliphatic rings. The molecule has 0 saturated heterocycles. The lowest BCUT2D eigenvalue weighted by Crippen LogP contribution is -2.31. The van der Waals surface area contributed by atoms with Gasteiger partial charge in [-0.3, -0.25) is 10.5 Å². The van der Waals surface area contributed by atoms with Gasteiger partial charge in [-0.1, -0.05) is 19.3 Å². The number of imidazole rings is 1. The zero-order valence-corrected chi connectivity index (χ0v) is 12.6. The third-order valence-electron chi connectivity index (χ3n) is 4.40. The molecule has 3 rings (SSSR count). The zero-order valence-electron chi connectivity index (χ0n) is 12.6. The van der Waals surface area contributed by atoms with Gasteiger partial charge in [0.25, 0.3) is 0 Å². The molecule has 114 valence electrons. The van der Waals surface area contributed by atoms with Crippen LogP contribution in [-0.4, -0.2) is 19.3 Å². The first-order valence-electron chi connectivity index (χ1n) is 7.75. The van der Waals surface area contributed by atoms with Gasteiger partial charge in [0.2, 0.25) is 0 Å². The Bertz CT molecular complexity index is 566. The quantitative estimate of drug-likeness (QED) is 0.650. The van der Waals surface area contributed by atoms with Crippen LogP contribution >= 0.6 is 0 Å². The molecule has 1 saturated carbocycles. The summed E-state index contributed by atoms with van der Waals surface area (Å²) in [5.41, 5.74) is 3.91. The molecule has 2 heterocycles. The highest BCUT2D eigenvalue weighted by atomic mass is 15.3. The number of aromatic nitrogens is 4. The van der Waals surface area contributed by atoms with Gasteiger partial charge in [-0.2, -0.15) is 5.10 Å². The average Bonchev–Trinajstić information content (AvgIpc) is 3.15. The molecule has 0 aliphatic heterocycles. The molecule has 1 aliphatic carbocycles. The van der Waals surface area contributed by atoms with Gasteiger partial charge in [-0.15, -0.1) is 0 Å². The average molecular weight is 288 g/mol. The van der Waals surface area contributed by atoms with E-state index in [0.717, 1.165) is 17.9 Å². The summed E-state index contributed by atoms with van der Waals surface area (Å²) in [4.78, 5) is 4.37. The van der Waals surface area contributed by atoms with E-state index in [2.05, 4.69) is 27.4 Å². The van der Waals surface area contributed by atoms with Gasteiger partial charge in [-0.05, 0) is 18.9 Å². The third kappa shape index (κ3) is 3.16. The van der Waals surface area contributed by atoms with Gasteiger partial charge in [-0.25, -0.2) is 10.4 Å². The van der Waals surface area contributed by atoms with Gasteiger partial charge in [0.1, 0.15) is 5.82 Å². The summed E-state index contributed by atoms with van der Waals surface area (Å²) in [6.45, 7) is 0. The van der Waals surface area contributed by atoms with Gasteiger partial charge < -0.3 is 4.57 Å². The van der Waals surface area contributed by atoms with Crippen molar-refractivity contribution in [2.75, 3.05) is 0 Å². The molecule has 1 fully saturated rings. The van der Waals surface area contributed by atoms with E-state index < -0.39 is 0 Å². The fraction of sp³-hybridized carbons (Fsp3) is 0.600. The zero-order chi connectivity index (χ0) is 14.7. The number of rotatable bonds is 5. The van der Waals surface area contributed by atoms with E-state index in [4.69, 9.17) is 10.9 Å². The molecule has 3 N–H and O–H groups in total. The largest absolute Gasteiger partial charge is 0.337 e. The highest BCUT2D eigenvalue weighted by Gasteiger charge is 2.19. The van der Waals surface area contributed by atoms with Crippen LogP contribution in [0.3, 0.4) is 0 Å². The summed E-state index contributed by atoms with van der Waals surface area (Å²) >= 11 is 0. The predicted octanol–water partition coefficient (Wildman–Crippen LogP) is 1.87. The lowest BCUT2D eigenvalue weighted by Gasteiger charge is -2.22. The Labute approximate surface area is 125 Å². The SMILES string of the molecule is Cn1ccnc1C(Cc1ccn(C2CCCCC2)n1)NN. The first-order valence-corrected chi connectivity index (χ1v) is 7.75. The third-order valence-corrected chi connectivity index (χ3v) is 4.40. The monoisotopic (exact) mass is 288 g/mol. The number of nitrogens with zero attached hydrogens (tertiary/aromatic N) is 4. The number of hydrazine groups is 1. The molecule has 1 atom stereocenters. The van der Waals surface area contributed by atoms with E-state index in [1.165, 1.54) is 32.1 Å². The summed E-state index contributed by atoms with van der Waals surface area (Å²) in [6, 6.07) is 2.66. The number of hydrogen-bond donors (Lipinski definition) is 2. The Morgan fingerprint density at radius 2 is 2.14 bits per heavy atom. The minimum Gasteiger partial charge on any atom is -0.337 e. The van der Waals surface area contributed by atoms with Gasteiger partial charge in [0.15, 0.2) is 0 Å². The molecule has 0 bridgehead atoms. The van der Waals surface area contributed by atoms with Crippen LogP contribution in [0, 0.1) is 0 Å². The molecule has 21 heavy (non-hydrogen) atoms. The highest BCUT2D eigenvalue weighted by molar-refractivity contribution is 5.08. The topological polar surface area (TPSA) is 73.7 Å². The predicted molar refractivity (Wildman–Crippen MR) is 81.3 cm³/mol. The maximum Gasteiger partial charge on any atom is 0.127 e. The molecule has 0 aromatic carbocycles. The van der Waals surface area contributed by atoms with Crippen LogP contribution in [0.2, 0.25) is 0 Å². The molecular weight excluding hydrogens is 264 g/mol. The first-order chi connectivity index (χ1) is 10.3. The van der Waals surface area contributed by atoms with Crippen LogP contribution in [0.4, 0.5) is 0 Å². The van der Waals surface area contributed by atoms with Crippen molar-refractivity contribution in [3.8, 4) is 0 Å². The molecule has 0 spiro atoms. The van der Waals surface area contributed by atoms with Crippen molar-refractivity contribution in [2.24, 2.45) is 12.9 Å². The number of nitrogens with one attached hydrogen (secondary N) is 1. The molecule has 2 aromatic rings. The van der Waals surface area contributed by atoms with Crippen molar-refractivity contribution in [2.45, 2.75) is 50.6 Å². The van der Waals surface area contributed by atoms with Crippen LogP contribution < -0.4 is 11.3 Å². The molecule has 0 radical (unpaired) electrons. The Balaban J connectivity index is 1.69. The Morgan fingerprint density at radius 3 is 2.81 bits per heavy atom. The van der Waals surface area contributed by atoms with Crippen LogP contribution in [-0.2, 0) is 13.5 Å². The van der Waals surface area contributed by atoms with Gasteiger partial charge in [0.05, 0.1) is 17.8 Å². The Hall–Kier alpha value is -1.66. The summed E-state index contributed by atoms with van der Waals surface area (Å²) < 4.78 is 4.13. The fourth-order valence-corrected chi connectivity index (χ4v) is 3.18. The van der Waals surface area contributed by atoms with Crippen molar-refractivity contribution in [3.63, 3.8) is 0 Å². The van der Waals surface area contributed by atoms with E-state index in [9.17, 15) is 0 Å². The summed E-state index contributed by atoms with van der Waals surface area (Å²) in [5, 5.41) is 4.75. The maximum absolute atomic E-state index is 5.69. The van der Waals surface area contributed by atoms with Gasteiger partial charge >= 0.3 is 0 Å². The minimum absolute atomic E-state index is 0.0142. The van der Waals surface area contributed by atoms with Gasteiger partial charge in [0, 0.05) is 32.1 Å².